The molecule has 1 aromatic heterocycles. The van der Waals surface area contributed by atoms with Gasteiger partial charge in [-0.3, -0.25) is 0 Å². The summed E-state index contributed by atoms with van der Waals surface area (Å²) < 4.78 is 66.9. The zero-order valence-corrected chi connectivity index (χ0v) is 10.2. The van der Waals surface area contributed by atoms with Gasteiger partial charge in [-0.15, -0.1) is 0 Å². The number of aromatic nitrogens is 1. The number of hydrogen-bond donors (Lipinski definition) is 1. The van der Waals surface area contributed by atoms with Gasteiger partial charge in [0.2, 0.25) is 5.82 Å². The highest BCUT2D eigenvalue weighted by Crippen LogP contribution is 2.33. The minimum absolute atomic E-state index is 0.0483. The highest BCUT2D eigenvalue weighted by atomic mass is 19.2. The standard InChI is InChI=1S/C13H6F5N3/c14-9-8(10(15)12(17)13(18)11(9)16)5-1-2-7(20)21-6(5)3-4-19/h1-2H,3H2,(H2,20,21). The Kier molecular flexibility index (Phi) is 3.76. The average Bonchev–Trinajstić information content (AvgIpc) is 2.46. The van der Waals surface area contributed by atoms with Crippen LogP contribution in [0, 0.1) is 40.4 Å². The van der Waals surface area contributed by atoms with Gasteiger partial charge in [0.05, 0.1) is 23.7 Å². The van der Waals surface area contributed by atoms with Crippen LogP contribution in [0.2, 0.25) is 0 Å². The van der Waals surface area contributed by atoms with E-state index < -0.39 is 41.1 Å². The molecule has 0 radical (unpaired) electrons. The van der Waals surface area contributed by atoms with E-state index in [4.69, 9.17) is 11.0 Å². The molecule has 3 nitrogen and oxygen atoms in total. The molecule has 8 heteroatoms. The summed E-state index contributed by atoms with van der Waals surface area (Å²) in [5.41, 5.74) is 3.69. The quantitative estimate of drug-likeness (QED) is 0.526. The number of nitrogens with zero attached hydrogens (tertiary/aromatic N) is 2. The fourth-order valence-electron chi connectivity index (χ4n) is 1.80. The second kappa shape index (κ2) is 5.36. The van der Waals surface area contributed by atoms with Crippen molar-refractivity contribution in [2.75, 3.05) is 5.73 Å². The van der Waals surface area contributed by atoms with Crippen molar-refractivity contribution in [1.29, 1.82) is 5.26 Å². The van der Waals surface area contributed by atoms with E-state index in [1.165, 1.54) is 0 Å². The van der Waals surface area contributed by atoms with E-state index in [2.05, 4.69) is 4.98 Å². The summed E-state index contributed by atoms with van der Waals surface area (Å²) in [5.74, 6) is -10.4. The Hall–Kier alpha value is -2.69. The molecule has 2 rings (SSSR count). The average molecular weight is 299 g/mol. The molecule has 0 aliphatic heterocycles. The van der Waals surface area contributed by atoms with Crippen LogP contribution in [0.5, 0.6) is 0 Å². The lowest BCUT2D eigenvalue weighted by Gasteiger charge is -2.11. The molecule has 0 fully saturated rings. The number of nitriles is 1. The molecule has 2 aromatic rings. The van der Waals surface area contributed by atoms with Crippen LogP contribution < -0.4 is 5.73 Å². The molecular formula is C13H6F5N3. The second-order valence-corrected chi connectivity index (χ2v) is 4.01. The smallest absolute Gasteiger partial charge is 0.200 e. The summed E-state index contributed by atoms with van der Waals surface area (Å²) in [6, 6.07) is 3.86. The number of nitrogen functional groups attached to an aromatic ring is 1. The van der Waals surface area contributed by atoms with Crippen LogP contribution >= 0.6 is 0 Å². The number of benzene rings is 1. The number of nitrogens with two attached hydrogens (primary N) is 1. The number of rotatable bonds is 2. The predicted octanol–water partition coefficient (Wildman–Crippen LogP) is 3.09. The van der Waals surface area contributed by atoms with E-state index in [0.29, 0.717) is 0 Å². The maximum Gasteiger partial charge on any atom is 0.200 e. The van der Waals surface area contributed by atoms with Gasteiger partial charge in [-0.25, -0.2) is 26.9 Å². The van der Waals surface area contributed by atoms with Gasteiger partial charge in [-0.1, -0.05) is 0 Å². The normalized spacial score (nSPS) is 10.5. The van der Waals surface area contributed by atoms with Gasteiger partial charge in [0.15, 0.2) is 23.3 Å². The van der Waals surface area contributed by atoms with Crippen molar-refractivity contribution in [3.63, 3.8) is 0 Å². The van der Waals surface area contributed by atoms with Crippen LogP contribution in [0.3, 0.4) is 0 Å². The fraction of sp³-hybridized carbons (Fsp3) is 0.0769. The summed E-state index contributed by atoms with van der Waals surface area (Å²) >= 11 is 0. The van der Waals surface area contributed by atoms with E-state index in [1.54, 1.807) is 6.07 Å². The minimum Gasteiger partial charge on any atom is -0.384 e. The van der Waals surface area contributed by atoms with E-state index >= 15 is 0 Å². The Bertz CT molecular complexity index is 738. The van der Waals surface area contributed by atoms with Crippen LogP contribution in [0.25, 0.3) is 11.1 Å². The van der Waals surface area contributed by atoms with E-state index in [1.807, 2.05) is 0 Å². The molecule has 0 atom stereocenters. The molecule has 108 valence electrons. The van der Waals surface area contributed by atoms with E-state index in [-0.39, 0.29) is 17.1 Å². The lowest BCUT2D eigenvalue weighted by Crippen LogP contribution is -2.06. The van der Waals surface area contributed by atoms with Crippen LogP contribution in [-0.2, 0) is 6.42 Å². The third-order valence-corrected chi connectivity index (χ3v) is 2.72. The van der Waals surface area contributed by atoms with Gasteiger partial charge in [0.1, 0.15) is 5.82 Å². The monoisotopic (exact) mass is 299 g/mol. The maximum atomic E-state index is 13.7. The van der Waals surface area contributed by atoms with Crippen LogP contribution in [0.4, 0.5) is 27.8 Å². The Labute approximate surface area is 115 Å². The van der Waals surface area contributed by atoms with Crippen molar-refractivity contribution in [1.82, 2.24) is 4.98 Å². The van der Waals surface area contributed by atoms with Gasteiger partial charge in [-0.2, -0.15) is 5.26 Å². The molecule has 0 unspecified atom stereocenters. The molecule has 2 N–H and O–H groups in total. The molecule has 21 heavy (non-hydrogen) atoms. The highest BCUT2D eigenvalue weighted by Gasteiger charge is 2.28. The molecule has 1 aromatic carbocycles. The molecule has 0 aliphatic carbocycles. The fourth-order valence-corrected chi connectivity index (χ4v) is 1.80. The molecule has 0 saturated carbocycles. The minimum atomic E-state index is -2.25. The first kappa shape index (κ1) is 14.7. The number of anilines is 1. The van der Waals surface area contributed by atoms with Crippen LogP contribution in [0.15, 0.2) is 12.1 Å². The van der Waals surface area contributed by atoms with Crippen molar-refractivity contribution in [3.8, 4) is 17.2 Å². The summed E-state index contributed by atoms with van der Waals surface area (Å²) in [4.78, 5) is 3.69. The lowest BCUT2D eigenvalue weighted by atomic mass is 10.0. The third kappa shape index (κ3) is 2.38. The van der Waals surface area contributed by atoms with Crippen molar-refractivity contribution < 1.29 is 22.0 Å². The Morgan fingerprint density at radius 2 is 1.48 bits per heavy atom. The van der Waals surface area contributed by atoms with E-state index in [0.717, 1.165) is 12.1 Å². The van der Waals surface area contributed by atoms with Gasteiger partial charge < -0.3 is 5.73 Å². The lowest BCUT2D eigenvalue weighted by molar-refractivity contribution is 0.381. The molecule has 0 bridgehead atoms. The van der Waals surface area contributed by atoms with Crippen molar-refractivity contribution in [2.45, 2.75) is 6.42 Å². The maximum absolute atomic E-state index is 13.7. The molecule has 0 amide bonds. The zero-order chi connectivity index (χ0) is 15.7. The SMILES string of the molecule is N#CCc1nc(N)ccc1-c1c(F)c(F)c(F)c(F)c1F. The van der Waals surface area contributed by atoms with Gasteiger partial charge in [-0.05, 0) is 12.1 Å². The number of hydrogen-bond acceptors (Lipinski definition) is 3. The van der Waals surface area contributed by atoms with Gasteiger partial charge in [0, 0.05) is 5.56 Å². The third-order valence-electron chi connectivity index (χ3n) is 2.72. The van der Waals surface area contributed by atoms with Crippen molar-refractivity contribution >= 4 is 5.82 Å². The first-order valence-corrected chi connectivity index (χ1v) is 5.52. The molecule has 0 aliphatic rings. The Balaban J connectivity index is 2.83. The highest BCUT2D eigenvalue weighted by molar-refractivity contribution is 5.69. The predicted molar refractivity (Wildman–Crippen MR) is 63.2 cm³/mol. The molecule has 0 saturated heterocycles. The van der Waals surface area contributed by atoms with Crippen molar-refractivity contribution in [2.24, 2.45) is 0 Å². The molecule has 1 heterocycles. The summed E-state index contributed by atoms with van der Waals surface area (Å²) in [7, 11) is 0. The Morgan fingerprint density at radius 3 is 2.00 bits per heavy atom. The molecule has 0 spiro atoms. The topological polar surface area (TPSA) is 62.7 Å². The molecular weight excluding hydrogens is 293 g/mol. The first-order valence-electron chi connectivity index (χ1n) is 5.52. The van der Waals surface area contributed by atoms with Crippen LogP contribution in [0.1, 0.15) is 5.69 Å². The summed E-state index contributed by atoms with van der Waals surface area (Å²) in [6.45, 7) is 0. The van der Waals surface area contributed by atoms with E-state index in [9.17, 15) is 22.0 Å². The second-order valence-electron chi connectivity index (χ2n) is 4.01. The van der Waals surface area contributed by atoms with Crippen molar-refractivity contribution in [3.05, 3.63) is 46.9 Å². The number of pyridine rings is 1. The zero-order valence-electron chi connectivity index (χ0n) is 10.2. The van der Waals surface area contributed by atoms with Gasteiger partial charge in [0.25, 0.3) is 0 Å². The summed E-state index contributed by atoms with van der Waals surface area (Å²) in [5, 5.41) is 8.65. The number of halogens is 5. The first-order chi connectivity index (χ1) is 9.88. The van der Waals surface area contributed by atoms with Crippen LogP contribution in [-0.4, -0.2) is 4.98 Å². The summed E-state index contributed by atoms with van der Waals surface area (Å²) in [6.07, 6.45) is -0.403. The largest absolute Gasteiger partial charge is 0.384 e. The van der Waals surface area contributed by atoms with Gasteiger partial charge >= 0.3 is 0 Å². The Morgan fingerprint density at radius 1 is 0.952 bits per heavy atom.